The highest BCUT2D eigenvalue weighted by Crippen LogP contribution is 2.53. The average Bonchev–Trinajstić information content (AvgIpc) is 3.12. The van der Waals surface area contributed by atoms with E-state index in [4.69, 9.17) is 10.5 Å². The van der Waals surface area contributed by atoms with Crippen LogP contribution in [-0.2, 0) is 10.3 Å². The van der Waals surface area contributed by atoms with Crippen molar-refractivity contribution in [2.45, 2.75) is 36.6 Å². The van der Waals surface area contributed by atoms with Crippen molar-refractivity contribution in [2.24, 2.45) is 16.6 Å². The number of ether oxygens (including phenoxy) is 2. The van der Waals surface area contributed by atoms with Gasteiger partial charge in [-0.25, -0.2) is 27.5 Å². The number of nitrogens with two attached hydrogens (primary N) is 1. The maximum Gasteiger partial charge on any atom is 0.422 e. The van der Waals surface area contributed by atoms with Crippen LogP contribution in [0.25, 0.3) is 0 Å². The molecule has 1 aromatic heterocycles. The van der Waals surface area contributed by atoms with E-state index in [-0.39, 0.29) is 17.1 Å². The van der Waals surface area contributed by atoms with E-state index >= 15 is 0 Å². The zero-order valence-corrected chi connectivity index (χ0v) is 18.3. The molecule has 7 nitrogen and oxygen atoms in total. The van der Waals surface area contributed by atoms with Crippen LogP contribution in [0.1, 0.15) is 28.9 Å². The molecule has 2 aromatic rings. The Kier molecular flexibility index (Phi) is 6.47. The summed E-state index contributed by atoms with van der Waals surface area (Å²) in [5.74, 6) is -6.43. The second kappa shape index (κ2) is 9.13. The van der Waals surface area contributed by atoms with Crippen LogP contribution >= 0.6 is 0 Å². The molecule has 36 heavy (non-hydrogen) atoms. The number of amides is 1. The van der Waals surface area contributed by atoms with Crippen molar-refractivity contribution in [2.75, 3.05) is 18.6 Å². The molecular formula is C22H19F7N4O3. The number of aromatic nitrogens is 1. The van der Waals surface area contributed by atoms with E-state index in [1.54, 1.807) is 0 Å². The van der Waals surface area contributed by atoms with E-state index in [2.05, 4.69) is 20.0 Å². The summed E-state index contributed by atoms with van der Waals surface area (Å²) in [4.78, 5) is 20.2. The zero-order valence-electron chi connectivity index (χ0n) is 18.3. The lowest BCUT2D eigenvalue weighted by Gasteiger charge is -2.40. The van der Waals surface area contributed by atoms with Crippen LogP contribution in [0.15, 0.2) is 41.5 Å². The summed E-state index contributed by atoms with van der Waals surface area (Å²) in [7, 11) is 0. The molecule has 1 saturated carbocycles. The van der Waals surface area contributed by atoms with E-state index in [0.29, 0.717) is 0 Å². The minimum atomic E-state index is -4.55. The van der Waals surface area contributed by atoms with Crippen molar-refractivity contribution < 1.29 is 45.0 Å². The number of anilines is 1. The Morgan fingerprint density at radius 1 is 1.22 bits per heavy atom. The van der Waals surface area contributed by atoms with E-state index in [0.717, 1.165) is 36.5 Å². The second-order valence-corrected chi connectivity index (χ2v) is 8.47. The largest absolute Gasteiger partial charge is 0.483 e. The summed E-state index contributed by atoms with van der Waals surface area (Å²) >= 11 is 0. The molecule has 3 N–H and O–H groups in total. The number of halogens is 7. The summed E-state index contributed by atoms with van der Waals surface area (Å²) in [6.07, 6.45) is -6.37. The molecule has 194 valence electrons. The number of hydrogen-bond acceptors (Lipinski definition) is 6. The fraction of sp³-hybridized carbons (Fsp3) is 0.409. The number of rotatable bonds is 6. The van der Waals surface area contributed by atoms with Gasteiger partial charge < -0.3 is 20.5 Å². The first-order chi connectivity index (χ1) is 16.8. The monoisotopic (exact) mass is 520 g/mol. The van der Waals surface area contributed by atoms with Crippen LogP contribution in [0.4, 0.5) is 36.4 Å². The quantitative estimate of drug-likeness (QED) is 0.553. The number of amidine groups is 1. The molecule has 14 heteroatoms. The van der Waals surface area contributed by atoms with Gasteiger partial charge in [0.25, 0.3) is 17.9 Å². The van der Waals surface area contributed by atoms with Gasteiger partial charge in [-0.05, 0) is 30.3 Å². The summed E-state index contributed by atoms with van der Waals surface area (Å²) in [6, 6.07) is 4.76. The van der Waals surface area contributed by atoms with Gasteiger partial charge in [-0.2, -0.15) is 13.2 Å². The van der Waals surface area contributed by atoms with Crippen LogP contribution < -0.4 is 15.8 Å². The molecule has 2 aliphatic rings. The summed E-state index contributed by atoms with van der Waals surface area (Å²) in [5, 5.41) is 2.40. The number of carbonyl (C=O) groups excluding carboxylic acids is 1. The molecule has 4 rings (SSSR count). The van der Waals surface area contributed by atoms with E-state index in [9.17, 15) is 35.5 Å². The molecule has 1 amide bonds. The number of hydrogen-bond donors (Lipinski definition) is 2. The van der Waals surface area contributed by atoms with Gasteiger partial charge in [0.2, 0.25) is 0 Å². The number of aliphatic imine (C=N–C) groups is 1. The minimum Gasteiger partial charge on any atom is -0.483 e. The molecule has 0 spiro atoms. The highest BCUT2D eigenvalue weighted by atomic mass is 19.4. The van der Waals surface area contributed by atoms with Gasteiger partial charge >= 0.3 is 6.18 Å². The minimum absolute atomic E-state index is 0.0370. The average molecular weight is 520 g/mol. The molecule has 1 aliphatic heterocycles. The first-order valence-corrected chi connectivity index (χ1v) is 10.5. The molecule has 2 heterocycles. The van der Waals surface area contributed by atoms with Crippen molar-refractivity contribution >= 4 is 17.6 Å². The molecule has 3 unspecified atom stereocenters. The van der Waals surface area contributed by atoms with Crippen molar-refractivity contribution in [3.8, 4) is 5.75 Å². The Labute approximate surface area is 199 Å². The van der Waals surface area contributed by atoms with Gasteiger partial charge in [0.1, 0.15) is 35.6 Å². The number of carbonyl (C=O) groups is 1. The third-order valence-electron chi connectivity index (χ3n) is 5.93. The number of alkyl halides is 6. The van der Waals surface area contributed by atoms with Crippen LogP contribution in [0.2, 0.25) is 0 Å². The third-order valence-corrected chi connectivity index (χ3v) is 5.93. The first-order valence-electron chi connectivity index (χ1n) is 10.5. The topological polar surface area (TPSA) is 98.8 Å². The van der Waals surface area contributed by atoms with E-state index in [1.807, 2.05) is 0 Å². The zero-order chi connectivity index (χ0) is 26.3. The molecule has 1 fully saturated rings. The molecule has 3 atom stereocenters. The van der Waals surface area contributed by atoms with Crippen molar-refractivity contribution in [3.63, 3.8) is 0 Å². The Hall–Kier alpha value is -3.58. The summed E-state index contributed by atoms with van der Waals surface area (Å²) < 4.78 is 104. The normalized spacial score (nSPS) is 24.9. The Morgan fingerprint density at radius 3 is 2.61 bits per heavy atom. The van der Waals surface area contributed by atoms with E-state index in [1.165, 1.54) is 0 Å². The highest BCUT2D eigenvalue weighted by molar-refractivity contribution is 6.02. The Balaban J connectivity index is 1.58. The Morgan fingerprint density at radius 2 is 1.97 bits per heavy atom. The number of nitrogens with zero attached hydrogens (tertiary/aromatic N) is 2. The van der Waals surface area contributed by atoms with Crippen molar-refractivity contribution in [1.82, 2.24) is 4.98 Å². The fourth-order valence-corrected chi connectivity index (χ4v) is 4.39. The smallest absolute Gasteiger partial charge is 0.422 e. The van der Waals surface area contributed by atoms with Gasteiger partial charge in [-0.15, -0.1) is 0 Å². The van der Waals surface area contributed by atoms with Crippen LogP contribution in [0.5, 0.6) is 5.75 Å². The number of pyridine rings is 1. The Bertz CT molecular complexity index is 1170. The summed E-state index contributed by atoms with van der Waals surface area (Å²) in [6.45, 7) is -2.90. The standard InChI is InChI=1S/C22H19F7N4O3/c23-9-21(14-6-20(25,26)7-17(14)36-19(30)33-21)13-5-11(1-3-15(13)24)32-18(34)16-4-2-12(8-31-16)35-10-22(27,28)29/h1-5,8,14,17H,6-7,9-10H2,(H2,30,33)(H,32,34). The van der Waals surface area contributed by atoms with Gasteiger partial charge in [0.05, 0.1) is 6.20 Å². The van der Waals surface area contributed by atoms with Crippen LogP contribution in [-0.4, -0.2) is 48.4 Å². The predicted octanol–water partition coefficient (Wildman–Crippen LogP) is 4.34. The third kappa shape index (κ3) is 5.16. The number of benzene rings is 1. The summed E-state index contributed by atoms with van der Waals surface area (Å²) in [5.41, 5.74) is 2.86. The maximum absolute atomic E-state index is 14.9. The first kappa shape index (κ1) is 25.5. The lowest BCUT2D eigenvalue weighted by molar-refractivity contribution is -0.153. The van der Waals surface area contributed by atoms with Crippen LogP contribution in [0, 0.1) is 11.7 Å². The van der Waals surface area contributed by atoms with Gasteiger partial charge in [-0.3, -0.25) is 4.79 Å². The second-order valence-electron chi connectivity index (χ2n) is 8.47. The SMILES string of the molecule is NC1=NC(CF)(c2cc(NC(=O)c3ccc(OCC(F)(F)F)cn3)ccc2F)C2CC(F)(F)CC2O1. The molecule has 0 saturated heterocycles. The fourth-order valence-electron chi connectivity index (χ4n) is 4.39. The highest BCUT2D eigenvalue weighted by Gasteiger charge is 2.60. The molecule has 1 aromatic carbocycles. The van der Waals surface area contributed by atoms with Crippen LogP contribution in [0.3, 0.4) is 0 Å². The number of nitrogens with one attached hydrogen (secondary N) is 1. The molecule has 0 bridgehead atoms. The van der Waals surface area contributed by atoms with E-state index < -0.39 is 79.1 Å². The van der Waals surface area contributed by atoms with Gasteiger partial charge in [-0.1, -0.05) is 0 Å². The maximum atomic E-state index is 14.9. The van der Waals surface area contributed by atoms with Crippen molar-refractivity contribution in [3.05, 3.63) is 53.6 Å². The molecule has 0 radical (unpaired) electrons. The van der Waals surface area contributed by atoms with Crippen molar-refractivity contribution in [1.29, 1.82) is 0 Å². The lowest BCUT2D eigenvalue weighted by Crippen LogP contribution is -2.48. The molecular weight excluding hydrogens is 501 g/mol. The lowest BCUT2D eigenvalue weighted by atomic mass is 9.76. The van der Waals surface area contributed by atoms with Gasteiger partial charge in [0.15, 0.2) is 6.61 Å². The predicted molar refractivity (Wildman–Crippen MR) is 112 cm³/mol. The number of fused-ring (bicyclic) bond motifs is 1. The molecule has 1 aliphatic carbocycles. The van der Waals surface area contributed by atoms with Gasteiger partial charge in [0, 0.05) is 30.0 Å².